The van der Waals surface area contributed by atoms with E-state index < -0.39 is 8.17 Å². The summed E-state index contributed by atoms with van der Waals surface area (Å²) in [6, 6.07) is 24.5. The van der Waals surface area contributed by atoms with E-state index in [1.165, 1.54) is 0 Å². The Morgan fingerprint density at radius 1 is 0.600 bits per heavy atom. The summed E-state index contributed by atoms with van der Waals surface area (Å²) in [5.41, 5.74) is 2.04. The van der Waals surface area contributed by atoms with Crippen LogP contribution in [0.3, 0.4) is 0 Å². The fraction of sp³-hybridized carbons (Fsp3) is 0. The Bertz CT molecular complexity index is 1050. The van der Waals surface area contributed by atoms with E-state index in [2.05, 4.69) is 24.3 Å². The van der Waals surface area contributed by atoms with Crippen LogP contribution in [0, 0.1) is 5.16 Å². The predicted molar refractivity (Wildman–Crippen MR) is 106 cm³/mol. The van der Waals surface area contributed by atoms with Gasteiger partial charge in [-0.3, -0.25) is 5.16 Å². The molecule has 1 aliphatic heterocycles. The molecule has 0 amide bonds. The first-order valence-corrected chi connectivity index (χ1v) is 9.11. The Kier molecular flexibility index (Phi) is 3.91. The molecule has 5 rings (SSSR count). The van der Waals surface area contributed by atoms with E-state index in [9.17, 15) is 0 Å². The zero-order valence-corrected chi connectivity index (χ0v) is 15.0. The molecular weight excluding hydrogens is 353 g/mol. The van der Waals surface area contributed by atoms with Gasteiger partial charge in [0.2, 0.25) is 0 Å². The van der Waals surface area contributed by atoms with Gasteiger partial charge in [-0.25, -0.2) is 0 Å². The van der Waals surface area contributed by atoms with E-state index in [-0.39, 0.29) is 12.4 Å². The van der Waals surface area contributed by atoms with E-state index >= 15 is 0 Å². The molecule has 0 radical (unpaired) electrons. The van der Waals surface area contributed by atoms with Gasteiger partial charge in [0, 0.05) is 11.1 Å². The fourth-order valence-corrected chi connectivity index (χ4v) is 4.19. The summed E-state index contributed by atoms with van der Waals surface area (Å²) in [6.07, 6.45) is 0. The summed E-state index contributed by atoms with van der Waals surface area (Å²) in [7, 11) is -2.14. The van der Waals surface area contributed by atoms with Crippen molar-refractivity contribution in [2.24, 2.45) is 0 Å². The highest BCUT2D eigenvalue weighted by Gasteiger charge is 2.23. The number of benzene rings is 4. The van der Waals surface area contributed by atoms with Crippen LogP contribution in [-0.4, -0.2) is 0 Å². The van der Waals surface area contributed by atoms with Crippen molar-refractivity contribution in [3.8, 4) is 22.6 Å². The van der Waals surface area contributed by atoms with Crippen molar-refractivity contribution in [2.45, 2.75) is 0 Å². The highest BCUT2D eigenvalue weighted by Crippen LogP contribution is 2.51. The number of fused-ring (bicyclic) bond motifs is 7. The van der Waals surface area contributed by atoms with Crippen molar-refractivity contribution in [1.82, 2.24) is 0 Å². The second kappa shape index (κ2) is 6.11. The highest BCUT2D eigenvalue weighted by molar-refractivity contribution is 7.35. The van der Waals surface area contributed by atoms with Crippen LogP contribution in [0.2, 0.25) is 0 Å². The Hall–Kier alpha value is -2.48. The molecule has 1 heterocycles. The summed E-state index contributed by atoms with van der Waals surface area (Å²) in [4.78, 5) is 0. The first-order chi connectivity index (χ1) is 11.8. The molecule has 0 unspecified atom stereocenters. The minimum Gasteiger partial charge on any atom is -0.431 e. The molecule has 0 atom stereocenters. The molecule has 4 aromatic carbocycles. The SMILES string of the molecule is Cl.N=[PH]1Oc2ccc3ccccc3c2-c2c(ccc3ccccc23)O1. The third kappa shape index (κ3) is 2.48. The number of halogens is 1. The maximum atomic E-state index is 8.15. The molecule has 0 saturated carbocycles. The predicted octanol–water partition coefficient (Wildman–Crippen LogP) is 6.66. The van der Waals surface area contributed by atoms with Gasteiger partial charge in [0.15, 0.2) is 0 Å². The van der Waals surface area contributed by atoms with Crippen LogP contribution in [0.15, 0.2) is 72.8 Å². The second-order valence-electron chi connectivity index (χ2n) is 5.81. The summed E-state index contributed by atoms with van der Waals surface area (Å²) < 4.78 is 11.7. The zero-order chi connectivity index (χ0) is 16.1. The third-order valence-electron chi connectivity index (χ3n) is 4.44. The van der Waals surface area contributed by atoms with Crippen LogP contribution in [0.5, 0.6) is 11.5 Å². The van der Waals surface area contributed by atoms with Crippen molar-refractivity contribution in [1.29, 1.82) is 5.16 Å². The summed E-state index contributed by atoms with van der Waals surface area (Å²) in [5.74, 6) is 1.46. The van der Waals surface area contributed by atoms with E-state index in [1.807, 2.05) is 48.5 Å². The minimum absolute atomic E-state index is 0. The van der Waals surface area contributed by atoms with Gasteiger partial charge in [-0.1, -0.05) is 60.7 Å². The van der Waals surface area contributed by atoms with E-state index in [4.69, 9.17) is 14.2 Å². The molecule has 0 aliphatic carbocycles. The standard InChI is InChI=1S/C20H14NO2P.ClH/c21-24-22-17-11-9-13-5-1-3-7-15(13)19(17)20-16-8-4-2-6-14(16)10-12-18(20)23-24;/h1-12,21,24H;1H. The fourth-order valence-electron chi connectivity index (χ4n) is 3.41. The van der Waals surface area contributed by atoms with Gasteiger partial charge in [0.1, 0.15) is 11.5 Å². The van der Waals surface area contributed by atoms with Crippen molar-refractivity contribution < 1.29 is 9.05 Å². The smallest absolute Gasteiger partial charge is 0.299 e. The van der Waals surface area contributed by atoms with Crippen molar-refractivity contribution in [3.63, 3.8) is 0 Å². The lowest BCUT2D eigenvalue weighted by molar-refractivity contribution is 0.509. The van der Waals surface area contributed by atoms with Crippen LogP contribution < -0.4 is 9.05 Å². The lowest BCUT2D eigenvalue weighted by Crippen LogP contribution is -1.87. The van der Waals surface area contributed by atoms with Gasteiger partial charge in [0.05, 0.1) is 0 Å². The quantitative estimate of drug-likeness (QED) is 0.353. The van der Waals surface area contributed by atoms with Crippen molar-refractivity contribution >= 4 is 42.1 Å². The molecule has 3 nitrogen and oxygen atoms in total. The lowest BCUT2D eigenvalue weighted by atomic mass is 9.92. The Balaban J connectivity index is 0.00000157. The molecule has 124 valence electrons. The van der Waals surface area contributed by atoms with Crippen molar-refractivity contribution in [3.05, 3.63) is 72.8 Å². The normalized spacial score (nSPS) is 13.1. The molecule has 1 aliphatic rings. The van der Waals surface area contributed by atoms with Crippen LogP contribution in [0.1, 0.15) is 0 Å². The van der Waals surface area contributed by atoms with Crippen LogP contribution in [0.4, 0.5) is 0 Å². The third-order valence-corrected chi connectivity index (χ3v) is 5.25. The van der Waals surface area contributed by atoms with E-state index in [0.29, 0.717) is 0 Å². The van der Waals surface area contributed by atoms with Gasteiger partial charge >= 0.3 is 0 Å². The minimum atomic E-state index is -2.14. The molecule has 0 fully saturated rings. The summed E-state index contributed by atoms with van der Waals surface area (Å²) in [6.45, 7) is 0. The number of hydrogen-bond donors (Lipinski definition) is 1. The molecule has 25 heavy (non-hydrogen) atoms. The van der Waals surface area contributed by atoms with Crippen molar-refractivity contribution in [2.75, 3.05) is 0 Å². The summed E-state index contributed by atoms with van der Waals surface area (Å²) in [5, 5.41) is 12.7. The van der Waals surface area contributed by atoms with Gasteiger partial charge < -0.3 is 9.05 Å². The van der Waals surface area contributed by atoms with E-state index in [0.717, 1.165) is 44.2 Å². The number of rotatable bonds is 0. The number of nitrogens with one attached hydrogen (secondary N) is 1. The van der Waals surface area contributed by atoms with Gasteiger partial charge in [-0.15, -0.1) is 12.4 Å². The molecule has 0 spiro atoms. The monoisotopic (exact) mass is 367 g/mol. The highest BCUT2D eigenvalue weighted by atomic mass is 35.5. The Morgan fingerprint density at radius 3 is 1.52 bits per heavy atom. The molecular formula is C20H15ClNO2P. The summed E-state index contributed by atoms with van der Waals surface area (Å²) >= 11 is 0. The van der Waals surface area contributed by atoms with Gasteiger partial charge in [0.25, 0.3) is 8.17 Å². The molecule has 4 aromatic rings. The average molecular weight is 368 g/mol. The lowest BCUT2D eigenvalue weighted by Gasteiger charge is -2.13. The van der Waals surface area contributed by atoms with Crippen LogP contribution >= 0.6 is 20.6 Å². The maximum absolute atomic E-state index is 8.15. The molecule has 0 aromatic heterocycles. The van der Waals surface area contributed by atoms with Gasteiger partial charge in [-0.2, -0.15) is 0 Å². The van der Waals surface area contributed by atoms with Gasteiger partial charge in [-0.05, 0) is 33.7 Å². The topological polar surface area (TPSA) is 42.3 Å². The zero-order valence-electron chi connectivity index (χ0n) is 13.2. The molecule has 5 heteroatoms. The first kappa shape index (κ1) is 16.0. The van der Waals surface area contributed by atoms with Crippen LogP contribution in [-0.2, 0) is 0 Å². The average Bonchev–Trinajstić information content (AvgIpc) is 2.77. The van der Waals surface area contributed by atoms with E-state index in [1.54, 1.807) is 0 Å². The maximum Gasteiger partial charge on any atom is 0.299 e. The molecule has 0 saturated heterocycles. The first-order valence-electron chi connectivity index (χ1n) is 7.79. The number of hydrogen-bond acceptors (Lipinski definition) is 3. The Labute approximate surface area is 152 Å². The second-order valence-corrected chi connectivity index (χ2v) is 6.79. The molecule has 0 bridgehead atoms. The van der Waals surface area contributed by atoms with Crippen LogP contribution in [0.25, 0.3) is 32.7 Å². The largest absolute Gasteiger partial charge is 0.431 e. The molecule has 1 N–H and O–H groups in total. The Morgan fingerprint density at radius 2 is 1.04 bits per heavy atom.